The smallest absolute Gasteiger partial charge is 0.303 e. The van der Waals surface area contributed by atoms with Crippen molar-refractivity contribution in [3.8, 4) is 0 Å². The van der Waals surface area contributed by atoms with Crippen molar-refractivity contribution < 1.29 is 33.3 Å². The van der Waals surface area contributed by atoms with Gasteiger partial charge in [-0.3, -0.25) is 14.4 Å². The Morgan fingerprint density at radius 3 is 2.20 bits per heavy atom. The Hall–Kier alpha value is -1.67. The minimum atomic E-state index is -0.841. The second-order valence-electron chi connectivity index (χ2n) is 4.75. The molecule has 0 aliphatic carbocycles. The lowest BCUT2D eigenvalue weighted by atomic mass is 9.98. The van der Waals surface area contributed by atoms with Crippen LogP contribution >= 0.6 is 0 Å². The van der Waals surface area contributed by atoms with Gasteiger partial charge in [-0.05, 0) is 0 Å². The van der Waals surface area contributed by atoms with Crippen LogP contribution in [-0.2, 0) is 33.3 Å². The molecule has 0 unspecified atom stereocenters. The molecule has 8 heteroatoms. The minimum Gasteiger partial charge on any atom is -0.456 e. The number of hydrogen-bond acceptors (Lipinski definition) is 7. The third-order valence-corrected chi connectivity index (χ3v) is 3.05. The molecule has 2 heterocycles. The first kappa shape index (κ1) is 14.7. The molecular weight excluding hydrogens is 270 g/mol. The highest BCUT2D eigenvalue weighted by atomic mass is 16.7. The predicted molar refractivity (Wildman–Crippen MR) is 63.3 cm³/mol. The highest BCUT2D eigenvalue weighted by molar-refractivity contribution is 5.73. The zero-order valence-electron chi connectivity index (χ0n) is 11.5. The molecule has 2 saturated heterocycles. The first-order valence-corrected chi connectivity index (χ1v) is 6.27. The van der Waals surface area contributed by atoms with Gasteiger partial charge in [0.15, 0.2) is 18.5 Å². The Kier molecular flexibility index (Phi) is 4.24. The van der Waals surface area contributed by atoms with Crippen molar-refractivity contribution in [1.29, 1.82) is 0 Å². The molecule has 2 aliphatic heterocycles. The third kappa shape index (κ3) is 3.07. The van der Waals surface area contributed by atoms with Crippen LogP contribution in [-0.4, -0.2) is 55.1 Å². The van der Waals surface area contributed by atoms with Crippen LogP contribution in [0.5, 0.6) is 0 Å². The van der Waals surface area contributed by atoms with Crippen LogP contribution in [0, 0.1) is 0 Å². The second kappa shape index (κ2) is 5.76. The molecular formula is C12H17NO7. The summed E-state index contributed by atoms with van der Waals surface area (Å²) in [5.41, 5.74) is 0. The number of carbonyl (C=O) groups excluding carboxylic acids is 3. The molecule has 0 radical (unpaired) electrons. The monoisotopic (exact) mass is 287 g/mol. The van der Waals surface area contributed by atoms with Gasteiger partial charge in [0.05, 0.1) is 6.61 Å². The minimum absolute atomic E-state index is 0.205. The lowest BCUT2D eigenvalue weighted by molar-refractivity contribution is -0.214. The maximum atomic E-state index is 11.3. The number of hydrogen-bond donors (Lipinski definition) is 1. The van der Waals surface area contributed by atoms with E-state index in [9.17, 15) is 14.4 Å². The van der Waals surface area contributed by atoms with Crippen molar-refractivity contribution in [1.82, 2.24) is 5.32 Å². The van der Waals surface area contributed by atoms with E-state index in [1.165, 1.54) is 20.8 Å². The van der Waals surface area contributed by atoms with Gasteiger partial charge in [0.1, 0.15) is 12.1 Å². The largest absolute Gasteiger partial charge is 0.456 e. The first-order chi connectivity index (χ1) is 9.38. The fourth-order valence-corrected chi connectivity index (χ4v) is 2.42. The van der Waals surface area contributed by atoms with E-state index in [2.05, 4.69) is 5.32 Å². The van der Waals surface area contributed by atoms with E-state index in [-0.39, 0.29) is 12.5 Å². The van der Waals surface area contributed by atoms with Crippen molar-refractivity contribution in [2.45, 2.75) is 51.4 Å². The molecule has 0 saturated carbocycles. The lowest BCUT2D eigenvalue weighted by Gasteiger charge is -2.39. The van der Waals surface area contributed by atoms with Crippen LogP contribution in [0.3, 0.4) is 0 Å². The maximum Gasteiger partial charge on any atom is 0.303 e. The molecule has 0 aromatic rings. The molecule has 5 atom stereocenters. The van der Waals surface area contributed by atoms with Gasteiger partial charge < -0.3 is 24.3 Å². The number of ether oxygens (including phenoxy) is 4. The summed E-state index contributed by atoms with van der Waals surface area (Å²) < 4.78 is 21.3. The normalized spacial score (nSPS) is 35.2. The van der Waals surface area contributed by atoms with E-state index >= 15 is 0 Å². The van der Waals surface area contributed by atoms with Crippen LogP contribution in [0.4, 0.5) is 0 Å². The zero-order valence-corrected chi connectivity index (χ0v) is 11.5. The van der Waals surface area contributed by atoms with Crippen molar-refractivity contribution in [3.63, 3.8) is 0 Å². The summed E-state index contributed by atoms with van der Waals surface area (Å²) in [5.74, 6) is -1.39. The number of amides is 1. The molecule has 1 amide bonds. The van der Waals surface area contributed by atoms with E-state index in [0.29, 0.717) is 0 Å². The van der Waals surface area contributed by atoms with Crippen LogP contribution in [0.15, 0.2) is 0 Å². The van der Waals surface area contributed by atoms with Gasteiger partial charge in [-0.15, -0.1) is 0 Å². The quantitative estimate of drug-likeness (QED) is 0.672. The molecule has 2 fully saturated rings. The Labute approximate surface area is 115 Å². The molecule has 0 aromatic carbocycles. The van der Waals surface area contributed by atoms with E-state index < -0.39 is 42.6 Å². The van der Waals surface area contributed by atoms with E-state index in [0.717, 1.165) is 0 Å². The van der Waals surface area contributed by atoms with Crippen LogP contribution in [0.1, 0.15) is 20.8 Å². The summed E-state index contributed by atoms with van der Waals surface area (Å²) in [5, 5.41) is 2.61. The molecule has 0 aromatic heterocycles. The Morgan fingerprint density at radius 1 is 1.05 bits per heavy atom. The van der Waals surface area contributed by atoms with Gasteiger partial charge in [-0.2, -0.15) is 0 Å². The molecule has 2 bridgehead atoms. The summed E-state index contributed by atoms with van der Waals surface area (Å²) >= 11 is 0. The number of carbonyl (C=O) groups is 3. The average molecular weight is 287 g/mol. The standard InChI is InChI=1S/C12H17NO7/c1-5(14)13-9-11(19-7(3)16)10(18-6(2)15)8-4-17-12(9)20-8/h8-12H,4H2,1-3H3,(H,13,14)/t8-,9-,10-,11-,12-/m1/s1. The van der Waals surface area contributed by atoms with Crippen LogP contribution in [0.2, 0.25) is 0 Å². The zero-order chi connectivity index (χ0) is 14.9. The third-order valence-electron chi connectivity index (χ3n) is 3.05. The fourth-order valence-electron chi connectivity index (χ4n) is 2.42. The number of nitrogens with one attached hydrogen (secondary N) is 1. The van der Waals surface area contributed by atoms with Gasteiger partial charge in [-0.25, -0.2) is 0 Å². The van der Waals surface area contributed by atoms with Crippen molar-refractivity contribution in [2.24, 2.45) is 0 Å². The number of esters is 2. The van der Waals surface area contributed by atoms with Gasteiger partial charge in [-0.1, -0.05) is 0 Å². The number of rotatable bonds is 3. The van der Waals surface area contributed by atoms with E-state index in [1.54, 1.807) is 0 Å². The Morgan fingerprint density at radius 2 is 1.65 bits per heavy atom. The van der Waals surface area contributed by atoms with Gasteiger partial charge in [0.2, 0.25) is 5.91 Å². The molecule has 1 N–H and O–H groups in total. The summed E-state index contributed by atoms with van der Waals surface area (Å²) in [4.78, 5) is 33.7. The number of fused-ring (bicyclic) bond motifs is 2. The van der Waals surface area contributed by atoms with Gasteiger partial charge >= 0.3 is 11.9 Å². The van der Waals surface area contributed by atoms with E-state index in [4.69, 9.17) is 18.9 Å². The topological polar surface area (TPSA) is 100 Å². The van der Waals surface area contributed by atoms with Gasteiger partial charge in [0, 0.05) is 20.8 Å². The Bertz CT molecular complexity index is 394. The molecule has 2 rings (SSSR count). The summed E-state index contributed by atoms with van der Waals surface area (Å²) in [6.07, 6.45) is -2.89. The molecule has 8 nitrogen and oxygen atoms in total. The highest BCUT2D eigenvalue weighted by Crippen LogP contribution is 2.32. The van der Waals surface area contributed by atoms with Crippen LogP contribution in [0.25, 0.3) is 0 Å². The second-order valence-corrected chi connectivity index (χ2v) is 4.75. The highest BCUT2D eigenvalue weighted by Gasteiger charge is 2.54. The first-order valence-electron chi connectivity index (χ1n) is 6.27. The van der Waals surface area contributed by atoms with Crippen molar-refractivity contribution >= 4 is 17.8 Å². The average Bonchev–Trinajstić information content (AvgIpc) is 2.74. The maximum absolute atomic E-state index is 11.3. The van der Waals surface area contributed by atoms with Gasteiger partial charge in [0.25, 0.3) is 0 Å². The SMILES string of the molecule is CC(=O)N[C@H]1[C@@H]2OC[C@@H](O2)[C@@H](OC(C)=O)[C@@H]1OC(C)=O. The molecule has 2 aliphatic rings. The van der Waals surface area contributed by atoms with Crippen molar-refractivity contribution in [3.05, 3.63) is 0 Å². The van der Waals surface area contributed by atoms with E-state index in [1.807, 2.05) is 0 Å². The summed E-state index contributed by atoms with van der Waals surface area (Å²) in [7, 11) is 0. The van der Waals surface area contributed by atoms with Crippen LogP contribution < -0.4 is 5.32 Å². The fraction of sp³-hybridized carbons (Fsp3) is 0.750. The van der Waals surface area contributed by atoms with Crippen molar-refractivity contribution in [2.75, 3.05) is 6.61 Å². The summed E-state index contributed by atoms with van der Waals surface area (Å²) in [6.45, 7) is 4.02. The molecule has 112 valence electrons. The predicted octanol–water partition coefficient (Wildman–Crippen LogP) is -0.890. The lowest BCUT2D eigenvalue weighted by Crippen LogP contribution is -2.62. The Balaban J connectivity index is 2.24. The molecule has 0 spiro atoms. The molecule has 20 heavy (non-hydrogen) atoms. The summed E-state index contributed by atoms with van der Waals surface area (Å²) in [6, 6.07) is -0.723.